The average Bonchev–Trinajstić information content (AvgIpc) is 2.77. The Balaban J connectivity index is 1.82. The number of aryl methyl sites for hydroxylation is 1. The lowest BCUT2D eigenvalue weighted by Crippen LogP contribution is -2.22. The normalized spacial score (nSPS) is 10.9. The third-order valence-electron chi connectivity index (χ3n) is 4.72. The van der Waals surface area contributed by atoms with Crippen LogP contribution in [0.25, 0.3) is 16.7 Å². The summed E-state index contributed by atoms with van der Waals surface area (Å²) in [5, 5.41) is 1.13. The molecule has 0 fully saturated rings. The topological polar surface area (TPSA) is 66.2 Å². The van der Waals surface area contributed by atoms with Crippen LogP contribution in [0.3, 0.4) is 0 Å². The maximum Gasteiger partial charge on any atom is 0.267 e. The molecule has 2 aromatic heterocycles. The number of thioether (sulfide) groups is 1. The van der Waals surface area contributed by atoms with E-state index >= 15 is 0 Å². The van der Waals surface area contributed by atoms with Crippen molar-refractivity contribution in [2.24, 2.45) is 0 Å². The van der Waals surface area contributed by atoms with Gasteiger partial charge in [0.25, 0.3) is 5.56 Å². The van der Waals surface area contributed by atoms with E-state index in [2.05, 4.69) is 4.98 Å². The number of fused-ring (bicyclic) bond motifs is 1. The Labute approximate surface area is 178 Å². The molecule has 0 aliphatic heterocycles. The molecule has 0 saturated heterocycles. The summed E-state index contributed by atoms with van der Waals surface area (Å²) in [7, 11) is 3.27. The first-order valence-electron chi connectivity index (χ1n) is 9.39. The first-order chi connectivity index (χ1) is 14.6. The number of hydrogen-bond donors (Lipinski definition) is 0. The van der Waals surface area contributed by atoms with Gasteiger partial charge in [-0.1, -0.05) is 23.9 Å². The van der Waals surface area contributed by atoms with Crippen molar-refractivity contribution in [1.82, 2.24) is 14.5 Å². The molecule has 0 spiro atoms. The molecular formula is C23H21N3O3S. The highest BCUT2D eigenvalue weighted by atomic mass is 32.2. The lowest BCUT2D eigenvalue weighted by atomic mass is 10.2. The second-order valence-electron chi connectivity index (χ2n) is 6.71. The van der Waals surface area contributed by atoms with Crippen molar-refractivity contribution in [1.29, 1.82) is 0 Å². The second-order valence-corrected chi connectivity index (χ2v) is 7.65. The molecule has 30 heavy (non-hydrogen) atoms. The Morgan fingerprint density at radius 1 is 1.03 bits per heavy atom. The maximum atomic E-state index is 13.3. The average molecular weight is 420 g/mol. The molecule has 6 nitrogen and oxygen atoms in total. The van der Waals surface area contributed by atoms with Crippen molar-refractivity contribution in [3.8, 4) is 17.3 Å². The van der Waals surface area contributed by atoms with Gasteiger partial charge < -0.3 is 9.47 Å². The first-order valence-corrected chi connectivity index (χ1v) is 10.4. The summed E-state index contributed by atoms with van der Waals surface area (Å²) in [5.74, 6) is 2.61. The fourth-order valence-electron chi connectivity index (χ4n) is 3.19. The smallest absolute Gasteiger partial charge is 0.267 e. The number of pyridine rings is 1. The van der Waals surface area contributed by atoms with Gasteiger partial charge in [0, 0.05) is 17.5 Å². The van der Waals surface area contributed by atoms with Crippen molar-refractivity contribution >= 4 is 22.7 Å². The zero-order chi connectivity index (χ0) is 21.1. The van der Waals surface area contributed by atoms with E-state index in [1.807, 2.05) is 55.5 Å². The number of methoxy groups -OCH3 is 2. The molecule has 4 rings (SSSR count). The monoisotopic (exact) mass is 419 g/mol. The Kier molecular flexibility index (Phi) is 5.72. The van der Waals surface area contributed by atoms with Crippen LogP contribution in [0, 0.1) is 6.92 Å². The fourth-order valence-corrected chi connectivity index (χ4v) is 4.17. The van der Waals surface area contributed by atoms with Gasteiger partial charge in [0.15, 0.2) is 5.16 Å². The number of benzene rings is 2. The molecule has 0 N–H and O–H groups in total. The third-order valence-corrected chi connectivity index (χ3v) is 5.71. The van der Waals surface area contributed by atoms with Gasteiger partial charge in [0.05, 0.1) is 25.1 Å². The predicted molar refractivity (Wildman–Crippen MR) is 119 cm³/mol. The van der Waals surface area contributed by atoms with Gasteiger partial charge in [0.2, 0.25) is 0 Å². The van der Waals surface area contributed by atoms with E-state index in [-0.39, 0.29) is 5.56 Å². The molecule has 0 radical (unpaired) electrons. The molecule has 0 aliphatic carbocycles. The van der Waals surface area contributed by atoms with Crippen molar-refractivity contribution in [3.63, 3.8) is 0 Å². The Morgan fingerprint density at radius 3 is 2.63 bits per heavy atom. The summed E-state index contributed by atoms with van der Waals surface area (Å²) < 4.78 is 12.4. The van der Waals surface area contributed by atoms with Crippen LogP contribution in [-0.4, -0.2) is 28.8 Å². The highest BCUT2D eigenvalue weighted by Gasteiger charge is 2.15. The van der Waals surface area contributed by atoms with Crippen LogP contribution in [0.4, 0.5) is 0 Å². The number of hydrogen-bond acceptors (Lipinski definition) is 6. The lowest BCUT2D eigenvalue weighted by Gasteiger charge is -2.14. The first kappa shape index (κ1) is 20.0. The van der Waals surface area contributed by atoms with Crippen LogP contribution in [0.5, 0.6) is 11.5 Å². The van der Waals surface area contributed by atoms with Crippen molar-refractivity contribution in [2.75, 3.05) is 14.2 Å². The van der Waals surface area contributed by atoms with Crippen LogP contribution in [0.15, 0.2) is 70.7 Å². The zero-order valence-electron chi connectivity index (χ0n) is 17.0. The van der Waals surface area contributed by atoms with Crippen LogP contribution in [-0.2, 0) is 5.75 Å². The van der Waals surface area contributed by atoms with E-state index in [1.54, 1.807) is 31.0 Å². The van der Waals surface area contributed by atoms with Gasteiger partial charge in [-0.2, -0.15) is 0 Å². The van der Waals surface area contributed by atoms with Gasteiger partial charge in [0.1, 0.15) is 17.3 Å². The summed E-state index contributed by atoms with van der Waals surface area (Å²) in [6, 6.07) is 16.8. The van der Waals surface area contributed by atoms with E-state index in [0.29, 0.717) is 27.6 Å². The van der Waals surface area contributed by atoms with Gasteiger partial charge in [-0.25, -0.2) is 14.5 Å². The molecule has 2 heterocycles. The van der Waals surface area contributed by atoms with Gasteiger partial charge >= 0.3 is 0 Å². The minimum Gasteiger partial charge on any atom is -0.497 e. The van der Waals surface area contributed by atoms with Gasteiger partial charge in [-0.3, -0.25) is 4.79 Å². The molecule has 0 bridgehead atoms. The molecule has 4 aromatic rings. The molecule has 7 heteroatoms. The number of nitrogens with zero attached hydrogens (tertiary/aromatic N) is 3. The summed E-state index contributed by atoms with van der Waals surface area (Å²) in [4.78, 5) is 22.5. The van der Waals surface area contributed by atoms with Gasteiger partial charge in [-0.15, -0.1) is 0 Å². The van der Waals surface area contributed by atoms with Crippen molar-refractivity contribution in [2.45, 2.75) is 17.8 Å². The minimum atomic E-state index is -0.140. The molecule has 0 aliphatic rings. The minimum absolute atomic E-state index is 0.140. The number of ether oxygens (including phenoxy) is 2. The van der Waals surface area contributed by atoms with Crippen molar-refractivity contribution in [3.05, 3.63) is 82.3 Å². The molecule has 0 atom stereocenters. The van der Waals surface area contributed by atoms with Crippen LogP contribution in [0.2, 0.25) is 0 Å². The van der Waals surface area contributed by atoms with E-state index in [9.17, 15) is 4.79 Å². The Morgan fingerprint density at radius 2 is 1.87 bits per heavy atom. The van der Waals surface area contributed by atoms with E-state index in [1.165, 1.54) is 11.8 Å². The highest BCUT2D eigenvalue weighted by molar-refractivity contribution is 7.98. The molecule has 152 valence electrons. The van der Waals surface area contributed by atoms with E-state index < -0.39 is 0 Å². The summed E-state index contributed by atoms with van der Waals surface area (Å²) in [6.07, 6.45) is 1.70. The highest BCUT2D eigenvalue weighted by Crippen LogP contribution is 2.31. The second kappa shape index (κ2) is 8.59. The Bertz CT molecular complexity index is 1270. The summed E-state index contributed by atoms with van der Waals surface area (Å²) in [6.45, 7) is 1.97. The maximum absolute atomic E-state index is 13.3. The predicted octanol–water partition coefficient (Wildman–Crippen LogP) is 4.40. The Hall–Kier alpha value is -3.32. The summed E-state index contributed by atoms with van der Waals surface area (Å²) >= 11 is 1.45. The van der Waals surface area contributed by atoms with Crippen LogP contribution >= 0.6 is 11.8 Å². The van der Waals surface area contributed by atoms with Crippen LogP contribution in [0.1, 0.15) is 11.1 Å². The zero-order valence-corrected chi connectivity index (χ0v) is 17.8. The third kappa shape index (κ3) is 3.89. The lowest BCUT2D eigenvalue weighted by molar-refractivity contribution is 0.400. The largest absolute Gasteiger partial charge is 0.497 e. The van der Waals surface area contributed by atoms with Crippen LogP contribution < -0.4 is 15.0 Å². The molecule has 0 unspecified atom stereocenters. The quantitative estimate of drug-likeness (QED) is 0.341. The van der Waals surface area contributed by atoms with Crippen molar-refractivity contribution < 1.29 is 9.47 Å². The molecular weight excluding hydrogens is 398 g/mol. The molecule has 0 amide bonds. The van der Waals surface area contributed by atoms with E-state index in [0.717, 1.165) is 22.6 Å². The SMILES string of the molecule is COc1ccc(OC)c(CSc2nc3ccccc3c(=O)n2-c2cc(C)ccn2)c1. The number of rotatable bonds is 6. The molecule has 2 aromatic carbocycles. The van der Waals surface area contributed by atoms with Gasteiger partial charge in [-0.05, 0) is 55.0 Å². The van der Waals surface area contributed by atoms with E-state index in [4.69, 9.17) is 14.5 Å². The molecule has 0 saturated carbocycles. The fraction of sp³-hybridized carbons (Fsp3) is 0.174. The standard InChI is InChI=1S/C23H21N3O3S/c1-15-10-11-24-21(12-15)26-22(27)18-6-4-5-7-19(18)25-23(26)30-14-16-13-17(28-2)8-9-20(16)29-3/h4-13H,14H2,1-3H3. The summed E-state index contributed by atoms with van der Waals surface area (Å²) in [5.41, 5.74) is 2.49. The number of aromatic nitrogens is 3. The number of para-hydroxylation sites is 1.